The highest BCUT2D eigenvalue weighted by molar-refractivity contribution is 6.27. The molecule has 0 radical (unpaired) electrons. The predicted octanol–water partition coefficient (Wildman–Crippen LogP) is 2.68. The molecular formula is C24H27N5O4. The van der Waals surface area contributed by atoms with E-state index in [1.54, 1.807) is 34.3 Å². The van der Waals surface area contributed by atoms with Crippen LogP contribution < -0.4 is 19.7 Å². The fourth-order valence-electron chi connectivity index (χ4n) is 4.31. The summed E-state index contributed by atoms with van der Waals surface area (Å²) >= 11 is 0. The van der Waals surface area contributed by atoms with Gasteiger partial charge in [0.2, 0.25) is 5.91 Å². The maximum Gasteiger partial charge on any atom is 0.216 e. The lowest BCUT2D eigenvalue weighted by Crippen LogP contribution is -2.55. The van der Waals surface area contributed by atoms with Crippen LogP contribution in [0.4, 0.5) is 5.69 Å². The smallest absolute Gasteiger partial charge is 0.216 e. The van der Waals surface area contributed by atoms with Gasteiger partial charge in [-0.25, -0.2) is 4.98 Å². The van der Waals surface area contributed by atoms with Gasteiger partial charge in [-0.15, -0.1) is 0 Å². The molecule has 0 aliphatic carbocycles. The molecule has 2 atom stereocenters. The summed E-state index contributed by atoms with van der Waals surface area (Å²) in [6.45, 7) is 3.31. The van der Waals surface area contributed by atoms with Gasteiger partial charge in [-0.05, 0) is 19.1 Å². The summed E-state index contributed by atoms with van der Waals surface area (Å²) in [5.41, 5.74) is 1.13. The van der Waals surface area contributed by atoms with Crippen molar-refractivity contribution in [2.45, 2.75) is 25.3 Å². The molecule has 0 spiro atoms. The van der Waals surface area contributed by atoms with Crippen molar-refractivity contribution in [2.24, 2.45) is 4.99 Å². The van der Waals surface area contributed by atoms with Gasteiger partial charge in [0.25, 0.3) is 0 Å². The summed E-state index contributed by atoms with van der Waals surface area (Å²) in [5, 5.41) is 2.81. The van der Waals surface area contributed by atoms with Gasteiger partial charge < -0.3 is 24.7 Å². The van der Waals surface area contributed by atoms with Crippen molar-refractivity contribution in [3.63, 3.8) is 0 Å². The third kappa shape index (κ3) is 3.79. The molecule has 9 nitrogen and oxygen atoms in total. The molecule has 2 unspecified atom stereocenters. The number of carbonyl (C=O) groups is 2. The summed E-state index contributed by atoms with van der Waals surface area (Å²) < 4.78 is 10.9. The normalized spacial score (nSPS) is 21.6. The highest BCUT2D eigenvalue weighted by Gasteiger charge is 2.56. The highest BCUT2D eigenvalue weighted by Crippen LogP contribution is 2.42. The fraction of sp³-hybridized carbons (Fsp3) is 0.333. The zero-order valence-corrected chi connectivity index (χ0v) is 19.3. The Hall–Kier alpha value is -3.88. The SMILES string of the molecule is CN=C1C(c2nc3ccccc3[nH]2)C(=O)C(C)(CNC(C)=O)N1c1cc(OC)cc(OC)c1. The van der Waals surface area contributed by atoms with Gasteiger partial charge in [0.1, 0.15) is 34.6 Å². The molecule has 1 fully saturated rings. The zero-order chi connectivity index (χ0) is 23.8. The van der Waals surface area contributed by atoms with Gasteiger partial charge in [0.05, 0.1) is 30.9 Å². The van der Waals surface area contributed by atoms with Crippen molar-refractivity contribution < 1.29 is 19.1 Å². The van der Waals surface area contributed by atoms with E-state index < -0.39 is 11.5 Å². The Morgan fingerprint density at radius 3 is 2.45 bits per heavy atom. The number of anilines is 1. The monoisotopic (exact) mass is 449 g/mol. The number of fused-ring (bicyclic) bond motifs is 1. The summed E-state index contributed by atoms with van der Waals surface area (Å²) in [6, 6.07) is 13.0. The van der Waals surface area contributed by atoms with Crippen molar-refractivity contribution in [1.82, 2.24) is 15.3 Å². The van der Waals surface area contributed by atoms with Gasteiger partial charge in [-0.3, -0.25) is 14.6 Å². The molecule has 172 valence electrons. The van der Waals surface area contributed by atoms with Crippen LogP contribution in [0.5, 0.6) is 11.5 Å². The second-order valence-corrected chi connectivity index (χ2v) is 8.11. The molecule has 1 saturated heterocycles. The van der Waals surface area contributed by atoms with Crippen molar-refractivity contribution in [1.29, 1.82) is 0 Å². The van der Waals surface area contributed by atoms with Gasteiger partial charge >= 0.3 is 0 Å². The third-order valence-electron chi connectivity index (χ3n) is 5.96. The number of aromatic nitrogens is 2. The highest BCUT2D eigenvalue weighted by atomic mass is 16.5. The number of nitrogens with zero attached hydrogens (tertiary/aromatic N) is 3. The van der Waals surface area contributed by atoms with E-state index >= 15 is 0 Å². The molecule has 2 N–H and O–H groups in total. The Labute approximate surface area is 191 Å². The summed E-state index contributed by atoms with van der Waals surface area (Å²) in [6.07, 6.45) is 0. The van der Waals surface area contributed by atoms with Gasteiger partial charge in [-0.1, -0.05) is 12.1 Å². The minimum absolute atomic E-state index is 0.0937. The molecule has 4 rings (SSSR count). The number of para-hydroxylation sites is 2. The van der Waals surface area contributed by atoms with Crippen molar-refractivity contribution in [3.8, 4) is 11.5 Å². The molecule has 3 aromatic rings. The number of H-pyrrole nitrogens is 1. The Morgan fingerprint density at radius 1 is 1.21 bits per heavy atom. The molecule has 1 aliphatic rings. The van der Waals surface area contributed by atoms with E-state index in [-0.39, 0.29) is 18.2 Å². The van der Waals surface area contributed by atoms with Crippen molar-refractivity contribution in [3.05, 3.63) is 48.3 Å². The van der Waals surface area contributed by atoms with E-state index in [0.717, 1.165) is 11.0 Å². The van der Waals surface area contributed by atoms with Crippen LogP contribution in [-0.2, 0) is 9.59 Å². The number of amides is 1. The predicted molar refractivity (Wildman–Crippen MR) is 126 cm³/mol. The zero-order valence-electron chi connectivity index (χ0n) is 19.3. The van der Waals surface area contributed by atoms with Crippen molar-refractivity contribution in [2.75, 3.05) is 32.7 Å². The number of amidine groups is 1. The second-order valence-electron chi connectivity index (χ2n) is 8.11. The van der Waals surface area contributed by atoms with E-state index in [1.807, 2.05) is 41.3 Å². The average molecular weight is 450 g/mol. The number of methoxy groups -OCH3 is 2. The molecule has 0 bridgehead atoms. The fourth-order valence-corrected chi connectivity index (χ4v) is 4.31. The van der Waals surface area contributed by atoms with Gasteiger partial charge in [0, 0.05) is 38.7 Å². The van der Waals surface area contributed by atoms with Gasteiger partial charge in [0.15, 0.2) is 5.78 Å². The number of Topliss-reactive ketones (excluding diaryl/α,β-unsaturated/α-hetero) is 1. The van der Waals surface area contributed by atoms with Gasteiger partial charge in [-0.2, -0.15) is 0 Å². The lowest BCUT2D eigenvalue weighted by Gasteiger charge is -2.35. The van der Waals surface area contributed by atoms with Crippen LogP contribution in [0.2, 0.25) is 0 Å². The largest absolute Gasteiger partial charge is 0.497 e. The number of hydrogen-bond donors (Lipinski definition) is 2. The number of ether oxygens (including phenoxy) is 2. The average Bonchev–Trinajstić information content (AvgIpc) is 3.34. The number of nitrogens with one attached hydrogen (secondary N) is 2. The molecule has 0 saturated carbocycles. The van der Waals surface area contributed by atoms with E-state index in [9.17, 15) is 9.59 Å². The number of aromatic amines is 1. The molecule has 9 heteroatoms. The summed E-state index contributed by atoms with van der Waals surface area (Å²) in [7, 11) is 4.78. The first-order valence-electron chi connectivity index (χ1n) is 10.6. The Balaban J connectivity index is 1.90. The van der Waals surface area contributed by atoms with E-state index in [4.69, 9.17) is 9.47 Å². The van der Waals surface area contributed by atoms with Crippen LogP contribution in [0.1, 0.15) is 25.6 Å². The number of imidazole rings is 1. The molecule has 2 aromatic carbocycles. The van der Waals surface area contributed by atoms with Crippen LogP contribution in [0, 0.1) is 0 Å². The number of carbonyl (C=O) groups excluding carboxylic acids is 2. The third-order valence-corrected chi connectivity index (χ3v) is 5.96. The molecule has 1 amide bonds. The molecule has 33 heavy (non-hydrogen) atoms. The number of aliphatic imine (C=N–C) groups is 1. The van der Waals surface area contributed by atoms with E-state index in [0.29, 0.717) is 28.8 Å². The lowest BCUT2D eigenvalue weighted by molar-refractivity contribution is -0.123. The number of ketones is 1. The first-order valence-corrected chi connectivity index (χ1v) is 10.6. The number of benzene rings is 2. The Kier molecular flexibility index (Phi) is 5.80. The van der Waals surface area contributed by atoms with Crippen molar-refractivity contribution >= 4 is 34.2 Å². The summed E-state index contributed by atoms with van der Waals surface area (Å²) in [5.74, 6) is 1.07. The minimum atomic E-state index is -1.12. The maximum atomic E-state index is 14.0. The second kappa shape index (κ2) is 8.57. The maximum absolute atomic E-state index is 14.0. The van der Waals surface area contributed by atoms with Crippen LogP contribution >= 0.6 is 0 Å². The van der Waals surface area contributed by atoms with Crippen LogP contribution in [-0.4, -0.2) is 60.8 Å². The van der Waals surface area contributed by atoms with E-state index in [1.165, 1.54) is 6.92 Å². The number of rotatable bonds is 6. The minimum Gasteiger partial charge on any atom is -0.497 e. The van der Waals surface area contributed by atoms with E-state index in [2.05, 4.69) is 20.3 Å². The van der Waals surface area contributed by atoms with Crippen LogP contribution in [0.15, 0.2) is 47.5 Å². The molecule has 1 aliphatic heterocycles. The number of hydrogen-bond acceptors (Lipinski definition) is 6. The summed E-state index contributed by atoms with van der Waals surface area (Å²) in [4.78, 5) is 40.1. The first-order chi connectivity index (χ1) is 15.8. The molecule has 2 heterocycles. The Morgan fingerprint density at radius 2 is 1.88 bits per heavy atom. The Bertz CT molecular complexity index is 1200. The standard InChI is InChI=1S/C24H27N5O4/c1-14(30)26-13-24(2)21(31)20(22-27-18-8-6-7-9-19(18)28-22)23(25-3)29(24)15-10-16(32-4)12-17(11-15)33-5/h6-12,20H,13H2,1-5H3,(H,26,30)(H,27,28). The first kappa shape index (κ1) is 22.3. The molecule has 1 aromatic heterocycles. The van der Waals surface area contributed by atoms with Crippen LogP contribution in [0.3, 0.4) is 0 Å². The quantitative estimate of drug-likeness (QED) is 0.599. The molecular weight excluding hydrogens is 422 g/mol. The lowest BCUT2D eigenvalue weighted by atomic mass is 9.91. The van der Waals surface area contributed by atoms with Crippen LogP contribution in [0.25, 0.3) is 11.0 Å². The topological polar surface area (TPSA) is 109 Å².